The van der Waals surface area contributed by atoms with Gasteiger partial charge < -0.3 is 10.6 Å². The number of nitrogens with one attached hydrogen (secondary N) is 2. The molecule has 8 heteroatoms. The lowest BCUT2D eigenvalue weighted by atomic mass is 10.1. The number of carbonyl (C=O) groups excluding carboxylic acids is 2. The Bertz CT molecular complexity index is 1050. The molecule has 2 aromatic rings. The third kappa shape index (κ3) is 4.64. The average Bonchev–Trinajstić information content (AvgIpc) is 2.68. The van der Waals surface area contributed by atoms with Gasteiger partial charge in [0, 0.05) is 17.0 Å². The monoisotopic (exact) mass is 432 g/mol. The number of sulfone groups is 1. The van der Waals surface area contributed by atoms with Crippen LogP contribution in [0, 0.1) is 0 Å². The van der Waals surface area contributed by atoms with E-state index >= 15 is 0 Å². The van der Waals surface area contributed by atoms with Gasteiger partial charge in [-0.05, 0) is 50.1 Å². The number of rotatable bonds is 6. The maximum Gasteiger partial charge on any atom is 0.237 e. The molecule has 6 nitrogen and oxygen atoms in total. The molecule has 1 aliphatic heterocycles. The molecule has 2 unspecified atom stereocenters. The van der Waals surface area contributed by atoms with Crippen molar-refractivity contribution in [3.05, 3.63) is 48.0 Å². The van der Waals surface area contributed by atoms with Crippen LogP contribution in [0.1, 0.15) is 32.8 Å². The molecule has 3 rings (SSSR count). The number of amides is 2. The standard InChI is InChI=1S/C21H24N2O4S2/c1-4-15-7-5-6-8-17(15)22-20(24)11-13(2)29(26,27)16-9-10-19-18(12-16)23-21(25)14(3)28-19/h5-10,12-14H,4,11H2,1-3H3,(H,22,24)(H,23,25). The van der Waals surface area contributed by atoms with Crippen molar-refractivity contribution < 1.29 is 18.0 Å². The Labute approximate surface area is 175 Å². The molecule has 0 aromatic heterocycles. The van der Waals surface area contributed by atoms with E-state index in [1.165, 1.54) is 30.8 Å². The molecule has 0 radical (unpaired) electrons. The van der Waals surface area contributed by atoms with Crippen molar-refractivity contribution in [2.45, 2.75) is 53.9 Å². The molecule has 0 fully saturated rings. The minimum absolute atomic E-state index is 0.0981. The predicted octanol–water partition coefficient (Wildman–Crippen LogP) is 3.87. The van der Waals surface area contributed by atoms with Crippen LogP contribution in [0.25, 0.3) is 0 Å². The van der Waals surface area contributed by atoms with Crippen molar-refractivity contribution in [1.82, 2.24) is 0 Å². The van der Waals surface area contributed by atoms with Crippen LogP contribution in [0.2, 0.25) is 0 Å². The summed E-state index contributed by atoms with van der Waals surface area (Å²) >= 11 is 1.39. The summed E-state index contributed by atoms with van der Waals surface area (Å²) in [7, 11) is -3.73. The van der Waals surface area contributed by atoms with Crippen molar-refractivity contribution in [2.24, 2.45) is 0 Å². The van der Waals surface area contributed by atoms with Crippen LogP contribution in [0.5, 0.6) is 0 Å². The minimum Gasteiger partial charge on any atom is -0.326 e. The van der Waals surface area contributed by atoms with E-state index in [-0.39, 0.29) is 28.4 Å². The van der Waals surface area contributed by atoms with E-state index in [1.807, 2.05) is 25.1 Å². The lowest BCUT2D eigenvalue weighted by Crippen LogP contribution is -2.27. The highest BCUT2D eigenvalue weighted by atomic mass is 32.2. The van der Waals surface area contributed by atoms with Crippen molar-refractivity contribution in [3.8, 4) is 0 Å². The Balaban J connectivity index is 1.75. The van der Waals surface area contributed by atoms with Crippen molar-refractivity contribution in [1.29, 1.82) is 0 Å². The number of aryl methyl sites for hydroxylation is 1. The van der Waals surface area contributed by atoms with E-state index in [0.717, 1.165) is 16.9 Å². The molecule has 0 aliphatic carbocycles. The molecule has 1 aliphatic rings. The number of carbonyl (C=O) groups is 2. The Hall–Kier alpha value is -2.32. The lowest BCUT2D eigenvalue weighted by molar-refractivity contribution is -0.116. The molecule has 2 aromatic carbocycles. The van der Waals surface area contributed by atoms with Gasteiger partial charge in [-0.15, -0.1) is 11.8 Å². The number of hydrogen-bond donors (Lipinski definition) is 2. The van der Waals surface area contributed by atoms with Crippen molar-refractivity contribution >= 4 is 44.8 Å². The fourth-order valence-electron chi connectivity index (χ4n) is 3.12. The highest BCUT2D eigenvalue weighted by molar-refractivity contribution is 8.01. The Kier molecular flexibility index (Phi) is 6.33. The molecule has 0 spiro atoms. The van der Waals surface area contributed by atoms with Gasteiger partial charge in [-0.3, -0.25) is 9.59 Å². The SMILES string of the molecule is CCc1ccccc1NC(=O)CC(C)S(=O)(=O)c1ccc2c(c1)NC(=O)C(C)S2. The van der Waals surface area contributed by atoms with Crippen LogP contribution in [0.4, 0.5) is 11.4 Å². The van der Waals surface area contributed by atoms with Crippen molar-refractivity contribution in [3.63, 3.8) is 0 Å². The molecule has 0 saturated carbocycles. The van der Waals surface area contributed by atoms with E-state index in [2.05, 4.69) is 10.6 Å². The zero-order valence-corrected chi connectivity index (χ0v) is 18.2. The zero-order chi connectivity index (χ0) is 21.2. The van der Waals surface area contributed by atoms with Crippen LogP contribution in [-0.2, 0) is 25.8 Å². The predicted molar refractivity (Wildman–Crippen MR) is 116 cm³/mol. The number of anilines is 2. The highest BCUT2D eigenvalue weighted by Gasteiger charge is 2.29. The van der Waals surface area contributed by atoms with Crippen LogP contribution < -0.4 is 10.6 Å². The summed E-state index contributed by atoms with van der Waals surface area (Å²) in [5.41, 5.74) is 2.19. The van der Waals surface area contributed by atoms with E-state index in [9.17, 15) is 18.0 Å². The third-order valence-electron chi connectivity index (χ3n) is 4.89. The zero-order valence-electron chi connectivity index (χ0n) is 16.6. The smallest absolute Gasteiger partial charge is 0.237 e. The van der Waals surface area contributed by atoms with Crippen molar-refractivity contribution in [2.75, 3.05) is 10.6 Å². The van der Waals surface area contributed by atoms with Gasteiger partial charge in [0.05, 0.1) is 21.1 Å². The van der Waals surface area contributed by atoms with Gasteiger partial charge in [-0.2, -0.15) is 0 Å². The van der Waals surface area contributed by atoms with Gasteiger partial charge in [-0.1, -0.05) is 25.1 Å². The second-order valence-corrected chi connectivity index (χ2v) is 10.8. The maximum atomic E-state index is 13.0. The quantitative estimate of drug-likeness (QED) is 0.723. The number of benzene rings is 2. The van der Waals surface area contributed by atoms with Crippen LogP contribution in [0.15, 0.2) is 52.3 Å². The summed E-state index contributed by atoms with van der Waals surface area (Å²) < 4.78 is 26.0. The number of thioether (sulfide) groups is 1. The van der Waals surface area contributed by atoms with Crippen LogP contribution in [-0.4, -0.2) is 30.7 Å². The number of para-hydroxylation sites is 1. The summed E-state index contributed by atoms with van der Waals surface area (Å²) in [6.07, 6.45) is 0.609. The molecule has 0 bridgehead atoms. The second kappa shape index (κ2) is 8.59. The molecular weight excluding hydrogens is 408 g/mol. The topological polar surface area (TPSA) is 92.3 Å². The molecular formula is C21H24N2O4S2. The van der Waals surface area contributed by atoms with E-state index in [1.54, 1.807) is 19.1 Å². The highest BCUT2D eigenvalue weighted by Crippen LogP contribution is 2.37. The van der Waals surface area contributed by atoms with Gasteiger partial charge in [0.15, 0.2) is 9.84 Å². The van der Waals surface area contributed by atoms with E-state index < -0.39 is 15.1 Å². The minimum atomic E-state index is -3.73. The summed E-state index contributed by atoms with van der Waals surface area (Å²) in [5, 5.41) is 4.43. The van der Waals surface area contributed by atoms with Gasteiger partial charge in [-0.25, -0.2) is 8.42 Å². The Morgan fingerprint density at radius 2 is 1.97 bits per heavy atom. The fourth-order valence-corrected chi connectivity index (χ4v) is 5.43. The van der Waals surface area contributed by atoms with Gasteiger partial charge in [0.2, 0.25) is 11.8 Å². The molecule has 1 heterocycles. The second-order valence-electron chi connectivity index (χ2n) is 7.03. The first-order valence-electron chi connectivity index (χ1n) is 9.45. The summed E-state index contributed by atoms with van der Waals surface area (Å²) in [5.74, 6) is -0.503. The molecule has 29 heavy (non-hydrogen) atoms. The van der Waals surface area contributed by atoms with Gasteiger partial charge >= 0.3 is 0 Å². The van der Waals surface area contributed by atoms with Gasteiger partial charge in [0.25, 0.3) is 0 Å². The number of fused-ring (bicyclic) bond motifs is 1. The summed E-state index contributed by atoms with van der Waals surface area (Å²) in [6, 6.07) is 12.2. The third-order valence-corrected chi connectivity index (χ3v) is 8.20. The number of hydrogen-bond acceptors (Lipinski definition) is 5. The molecule has 0 saturated heterocycles. The Morgan fingerprint density at radius 1 is 1.24 bits per heavy atom. The first kappa shape index (κ1) is 21.4. The molecule has 2 atom stereocenters. The first-order chi connectivity index (χ1) is 13.7. The first-order valence-corrected chi connectivity index (χ1v) is 11.9. The summed E-state index contributed by atoms with van der Waals surface area (Å²) in [4.78, 5) is 25.3. The molecule has 154 valence electrons. The lowest BCUT2D eigenvalue weighted by Gasteiger charge is -2.22. The maximum absolute atomic E-state index is 13.0. The van der Waals surface area contributed by atoms with Crippen LogP contribution in [0.3, 0.4) is 0 Å². The summed E-state index contributed by atoms with van der Waals surface area (Å²) in [6.45, 7) is 5.31. The average molecular weight is 433 g/mol. The van der Waals surface area contributed by atoms with Gasteiger partial charge in [0.1, 0.15) is 0 Å². The molecule has 2 amide bonds. The largest absolute Gasteiger partial charge is 0.326 e. The van der Waals surface area contributed by atoms with E-state index in [0.29, 0.717) is 11.4 Å². The van der Waals surface area contributed by atoms with Crippen LogP contribution >= 0.6 is 11.8 Å². The van der Waals surface area contributed by atoms with E-state index in [4.69, 9.17) is 0 Å². The Morgan fingerprint density at radius 3 is 2.69 bits per heavy atom. The molecule has 2 N–H and O–H groups in total. The fraction of sp³-hybridized carbons (Fsp3) is 0.333. The normalized spacial score (nSPS) is 17.2.